The third-order valence-corrected chi connectivity index (χ3v) is 3.92. The molecular formula is C17H15ClN2O3. The Morgan fingerprint density at radius 2 is 1.83 bits per heavy atom. The molecule has 3 rings (SSSR count). The van der Waals surface area contributed by atoms with E-state index in [0.717, 1.165) is 0 Å². The lowest BCUT2D eigenvalue weighted by atomic mass is 10.2. The van der Waals surface area contributed by atoms with E-state index in [9.17, 15) is 9.59 Å². The van der Waals surface area contributed by atoms with E-state index in [0.29, 0.717) is 22.1 Å². The van der Waals surface area contributed by atoms with Crippen LogP contribution in [-0.4, -0.2) is 25.0 Å². The number of hydrogen-bond donors (Lipinski definition) is 1. The van der Waals surface area contributed by atoms with E-state index in [1.54, 1.807) is 37.4 Å². The van der Waals surface area contributed by atoms with Crippen molar-refractivity contribution in [1.29, 1.82) is 0 Å². The summed E-state index contributed by atoms with van der Waals surface area (Å²) in [6, 6.07) is 13.3. The fourth-order valence-corrected chi connectivity index (χ4v) is 2.68. The van der Waals surface area contributed by atoms with E-state index < -0.39 is 6.04 Å². The molecule has 1 aliphatic rings. The highest BCUT2D eigenvalue weighted by molar-refractivity contribution is 6.30. The molecular weight excluding hydrogens is 316 g/mol. The van der Waals surface area contributed by atoms with Gasteiger partial charge in [-0.15, -0.1) is 0 Å². The van der Waals surface area contributed by atoms with Crippen LogP contribution in [0.3, 0.4) is 0 Å². The van der Waals surface area contributed by atoms with Crippen LogP contribution in [0.2, 0.25) is 5.02 Å². The molecule has 1 atom stereocenters. The molecule has 118 valence electrons. The molecule has 0 aromatic heterocycles. The molecule has 0 unspecified atom stereocenters. The first kappa shape index (κ1) is 15.4. The Morgan fingerprint density at radius 3 is 2.52 bits per heavy atom. The Balaban J connectivity index is 1.82. The van der Waals surface area contributed by atoms with Crippen molar-refractivity contribution in [2.45, 2.75) is 12.5 Å². The van der Waals surface area contributed by atoms with Gasteiger partial charge >= 0.3 is 0 Å². The highest BCUT2D eigenvalue weighted by Crippen LogP contribution is 2.29. The highest BCUT2D eigenvalue weighted by atomic mass is 35.5. The zero-order valence-corrected chi connectivity index (χ0v) is 13.2. The van der Waals surface area contributed by atoms with Gasteiger partial charge in [-0.25, -0.2) is 4.90 Å². The average molecular weight is 331 g/mol. The van der Waals surface area contributed by atoms with Gasteiger partial charge in [0.1, 0.15) is 11.8 Å². The van der Waals surface area contributed by atoms with Gasteiger partial charge < -0.3 is 10.1 Å². The first-order valence-corrected chi connectivity index (χ1v) is 7.50. The number of para-hydroxylation sites is 2. The van der Waals surface area contributed by atoms with Crippen molar-refractivity contribution in [3.63, 3.8) is 0 Å². The summed E-state index contributed by atoms with van der Waals surface area (Å²) in [5.41, 5.74) is 1.20. The Bertz CT molecular complexity index is 746. The zero-order valence-electron chi connectivity index (χ0n) is 12.5. The first-order chi connectivity index (χ1) is 11.1. The quantitative estimate of drug-likeness (QED) is 0.875. The second-order valence-corrected chi connectivity index (χ2v) is 5.58. The SMILES string of the molecule is COc1ccccc1N[C@@H]1CC(=O)N(c2ccc(Cl)cc2)C1=O. The fraction of sp³-hybridized carbons (Fsp3) is 0.176. The van der Waals surface area contributed by atoms with Gasteiger partial charge in [-0.3, -0.25) is 9.59 Å². The number of halogens is 1. The van der Waals surface area contributed by atoms with Gasteiger partial charge in [0.05, 0.1) is 24.9 Å². The Morgan fingerprint density at radius 1 is 1.13 bits per heavy atom. The van der Waals surface area contributed by atoms with E-state index in [2.05, 4.69) is 5.32 Å². The summed E-state index contributed by atoms with van der Waals surface area (Å²) in [5, 5.41) is 3.64. The minimum absolute atomic E-state index is 0.0967. The molecule has 5 nitrogen and oxygen atoms in total. The number of carbonyl (C=O) groups is 2. The maximum atomic E-state index is 12.6. The van der Waals surface area contributed by atoms with Gasteiger partial charge in [0.25, 0.3) is 5.91 Å². The Kier molecular flexibility index (Phi) is 4.21. The summed E-state index contributed by atoms with van der Waals surface area (Å²) in [4.78, 5) is 26.0. The number of nitrogens with one attached hydrogen (secondary N) is 1. The van der Waals surface area contributed by atoms with E-state index in [1.165, 1.54) is 4.90 Å². The van der Waals surface area contributed by atoms with Gasteiger partial charge in [-0.05, 0) is 36.4 Å². The number of methoxy groups -OCH3 is 1. The molecule has 0 saturated carbocycles. The number of nitrogens with zero attached hydrogens (tertiary/aromatic N) is 1. The van der Waals surface area contributed by atoms with Crippen LogP contribution in [0.4, 0.5) is 11.4 Å². The van der Waals surface area contributed by atoms with Crippen molar-refractivity contribution in [3.05, 3.63) is 53.6 Å². The van der Waals surface area contributed by atoms with E-state index in [-0.39, 0.29) is 18.2 Å². The number of amides is 2. The van der Waals surface area contributed by atoms with E-state index in [1.807, 2.05) is 18.2 Å². The fourth-order valence-electron chi connectivity index (χ4n) is 2.56. The third-order valence-electron chi connectivity index (χ3n) is 3.67. The number of rotatable bonds is 4. The van der Waals surface area contributed by atoms with Crippen LogP contribution in [0.15, 0.2) is 48.5 Å². The molecule has 1 fully saturated rings. The van der Waals surface area contributed by atoms with Crippen molar-refractivity contribution in [2.75, 3.05) is 17.3 Å². The van der Waals surface area contributed by atoms with Crippen molar-refractivity contribution >= 4 is 34.8 Å². The van der Waals surface area contributed by atoms with Gasteiger partial charge in [0, 0.05) is 5.02 Å². The number of carbonyl (C=O) groups excluding carboxylic acids is 2. The monoisotopic (exact) mass is 330 g/mol. The molecule has 6 heteroatoms. The van der Waals surface area contributed by atoms with Crippen LogP contribution in [0.1, 0.15) is 6.42 Å². The molecule has 2 aromatic rings. The van der Waals surface area contributed by atoms with Crippen molar-refractivity contribution in [3.8, 4) is 5.75 Å². The predicted octanol–water partition coefficient (Wildman–Crippen LogP) is 3.09. The minimum atomic E-state index is -0.616. The van der Waals surface area contributed by atoms with Crippen molar-refractivity contribution in [1.82, 2.24) is 0 Å². The molecule has 2 aromatic carbocycles. The van der Waals surface area contributed by atoms with Crippen LogP contribution >= 0.6 is 11.6 Å². The summed E-state index contributed by atoms with van der Waals surface area (Å²) in [7, 11) is 1.56. The Hall–Kier alpha value is -2.53. The maximum Gasteiger partial charge on any atom is 0.256 e. The molecule has 23 heavy (non-hydrogen) atoms. The molecule has 1 heterocycles. The lowest BCUT2D eigenvalue weighted by Crippen LogP contribution is -2.34. The lowest BCUT2D eigenvalue weighted by molar-refractivity contribution is -0.121. The largest absolute Gasteiger partial charge is 0.495 e. The third kappa shape index (κ3) is 3.00. The van der Waals surface area contributed by atoms with Crippen molar-refractivity contribution in [2.24, 2.45) is 0 Å². The summed E-state index contributed by atoms with van der Waals surface area (Å²) in [6.07, 6.45) is 0.0967. The lowest BCUT2D eigenvalue weighted by Gasteiger charge is -2.17. The summed E-state index contributed by atoms with van der Waals surface area (Å²) < 4.78 is 5.26. The molecule has 0 bridgehead atoms. The Labute approximate surface area is 138 Å². The zero-order chi connectivity index (χ0) is 16.4. The van der Waals surface area contributed by atoms with E-state index >= 15 is 0 Å². The van der Waals surface area contributed by atoms with Crippen molar-refractivity contribution < 1.29 is 14.3 Å². The van der Waals surface area contributed by atoms with Crippen LogP contribution in [-0.2, 0) is 9.59 Å². The van der Waals surface area contributed by atoms with E-state index in [4.69, 9.17) is 16.3 Å². The minimum Gasteiger partial charge on any atom is -0.495 e. The topological polar surface area (TPSA) is 58.6 Å². The van der Waals surface area contributed by atoms with Gasteiger partial charge in [-0.2, -0.15) is 0 Å². The van der Waals surface area contributed by atoms with Crippen LogP contribution in [0.5, 0.6) is 5.75 Å². The number of imide groups is 1. The maximum absolute atomic E-state index is 12.6. The molecule has 2 amide bonds. The van der Waals surface area contributed by atoms with Gasteiger partial charge in [0.15, 0.2) is 0 Å². The average Bonchev–Trinajstić information content (AvgIpc) is 2.83. The smallest absolute Gasteiger partial charge is 0.256 e. The molecule has 0 aliphatic carbocycles. The standard InChI is InChI=1S/C17H15ClN2O3/c1-23-15-5-3-2-4-13(15)19-14-10-16(21)20(17(14)22)12-8-6-11(18)7-9-12/h2-9,14,19H,10H2,1H3/t14-/m1/s1. The normalized spacial score (nSPS) is 17.5. The number of hydrogen-bond acceptors (Lipinski definition) is 4. The van der Waals surface area contributed by atoms with Crippen LogP contribution in [0, 0.1) is 0 Å². The first-order valence-electron chi connectivity index (χ1n) is 7.12. The van der Waals surface area contributed by atoms with Crippen LogP contribution < -0.4 is 15.0 Å². The number of ether oxygens (including phenoxy) is 1. The second-order valence-electron chi connectivity index (χ2n) is 5.15. The number of anilines is 2. The molecule has 0 spiro atoms. The van der Waals surface area contributed by atoms with Crippen LogP contribution in [0.25, 0.3) is 0 Å². The van der Waals surface area contributed by atoms with Gasteiger partial charge in [-0.1, -0.05) is 23.7 Å². The van der Waals surface area contributed by atoms with Gasteiger partial charge in [0.2, 0.25) is 5.91 Å². The molecule has 1 saturated heterocycles. The number of benzene rings is 2. The summed E-state index contributed by atoms with van der Waals surface area (Å²) in [6.45, 7) is 0. The summed E-state index contributed by atoms with van der Waals surface area (Å²) >= 11 is 5.85. The molecule has 1 aliphatic heterocycles. The second kappa shape index (κ2) is 6.30. The molecule has 1 N–H and O–H groups in total. The highest BCUT2D eigenvalue weighted by Gasteiger charge is 2.39. The molecule has 0 radical (unpaired) electrons. The summed E-state index contributed by atoms with van der Waals surface area (Å²) in [5.74, 6) is 0.0886. The predicted molar refractivity (Wildman–Crippen MR) is 89.0 cm³/mol.